The first-order chi connectivity index (χ1) is 12.5. The molecular formula is C20H16N2O4. The van der Waals surface area contributed by atoms with Crippen molar-refractivity contribution in [1.29, 1.82) is 0 Å². The predicted molar refractivity (Wildman–Crippen MR) is 97.4 cm³/mol. The van der Waals surface area contributed by atoms with Gasteiger partial charge in [-0.25, -0.2) is 9.59 Å². The minimum absolute atomic E-state index is 0.191. The van der Waals surface area contributed by atoms with E-state index in [1.807, 2.05) is 0 Å². The van der Waals surface area contributed by atoms with Crippen LogP contribution in [0.3, 0.4) is 0 Å². The average molecular weight is 348 g/mol. The van der Waals surface area contributed by atoms with Crippen molar-refractivity contribution in [3.8, 4) is 0 Å². The van der Waals surface area contributed by atoms with Gasteiger partial charge in [0.2, 0.25) is 0 Å². The zero-order chi connectivity index (χ0) is 18.3. The number of carboxylic acids is 2. The average Bonchev–Trinajstić information content (AvgIpc) is 3.09. The summed E-state index contributed by atoms with van der Waals surface area (Å²) in [6.45, 7) is 0. The van der Waals surface area contributed by atoms with E-state index in [-0.39, 0.29) is 11.1 Å². The molecule has 0 aliphatic heterocycles. The van der Waals surface area contributed by atoms with Crippen LogP contribution in [0.5, 0.6) is 0 Å². The number of fused-ring (bicyclic) bond motifs is 2. The van der Waals surface area contributed by atoms with Gasteiger partial charge in [-0.05, 0) is 61.2 Å². The summed E-state index contributed by atoms with van der Waals surface area (Å²) in [7, 11) is 0. The van der Waals surface area contributed by atoms with Gasteiger partial charge in [-0.3, -0.25) is 4.98 Å². The number of aryl methyl sites for hydroxylation is 1. The summed E-state index contributed by atoms with van der Waals surface area (Å²) in [6, 6.07) is 11.5. The zero-order valence-corrected chi connectivity index (χ0v) is 13.8. The number of carboxylic acid groups (broad SMARTS) is 2. The van der Waals surface area contributed by atoms with Crippen molar-refractivity contribution in [1.82, 2.24) is 4.98 Å². The van der Waals surface area contributed by atoms with E-state index in [0.717, 1.165) is 47.1 Å². The van der Waals surface area contributed by atoms with Crippen LogP contribution in [0, 0.1) is 0 Å². The van der Waals surface area contributed by atoms with Gasteiger partial charge < -0.3 is 15.5 Å². The standard InChI is InChI=1S/C20H16N2O4/c23-19(24)11-3-1-4-13(9-11)21-18-14-5-2-6-16(14)22-17-8-7-12(20(25)26)10-15(17)18/h1,3-4,7-10H,2,5-6H2,(H,21,22)(H,23,24)(H,25,26). The molecule has 2 aromatic carbocycles. The Morgan fingerprint density at radius 1 is 0.962 bits per heavy atom. The second-order valence-electron chi connectivity index (χ2n) is 6.31. The van der Waals surface area contributed by atoms with Crippen LogP contribution in [0.15, 0.2) is 42.5 Å². The van der Waals surface area contributed by atoms with E-state index in [1.165, 1.54) is 6.07 Å². The molecule has 6 nitrogen and oxygen atoms in total. The van der Waals surface area contributed by atoms with Crippen molar-refractivity contribution in [2.45, 2.75) is 19.3 Å². The number of aromatic carboxylic acids is 2. The molecule has 4 rings (SSSR count). The Bertz CT molecular complexity index is 1060. The van der Waals surface area contributed by atoms with Crippen LogP contribution in [-0.4, -0.2) is 27.1 Å². The van der Waals surface area contributed by atoms with Crippen molar-refractivity contribution in [3.63, 3.8) is 0 Å². The number of aromatic nitrogens is 1. The molecule has 0 saturated heterocycles. The number of pyridine rings is 1. The maximum atomic E-state index is 11.4. The Labute approximate surface area is 149 Å². The highest BCUT2D eigenvalue weighted by atomic mass is 16.4. The monoisotopic (exact) mass is 348 g/mol. The van der Waals surface area contributed by atoms with Crippen molar-refractivity contribution in [3.05, 3.63) is 64.8 Å². The number of hydrogen-bond acceptors (Lipinski definition) is 4. The molecule has 0 spiro atoms. The predicted octanol–water partition coefficient (Wildman–Crippen LogP) is 3.86. The fraction of sp³-hybridized carbons (Fsp3) is 0.150. The van der Waals surface area contributed by atoms with Crippen LogP contribution in [0.4, 0.5) is 11.4 Å². The topological polar surface area (TPSA) is 99.5 Å². The van der Waals surface area contributed by atoms with Gasteiger partial charge in [0.15, 0.2) is 0 Å². The van der Waals surface area contributed by atoms with E-state index >= 15 is 0 Å². The molecule has 0 fully saturated rings. The summed E-state index contributed by atoms with van der Waals surface area (Å²) in [4.78, 5) is 27.3. The third-order valence-corrected chi connectivity index (χ3v) is 4.64. The van der Waals surface area contributed by atoms with Crippen LogP contribution in [0.1, 0.15) is 38.4 Å². The van der Waals surface area contributed by atoms with Gasteiger partial charge >= 0.3 is 11.9 Å². The molecule has 1 aromatic heterocycles. The summed E-state index contributed by atoms with van der Waals surface area (Å²) in [5.74, 6) is -1.99. The highest BCUT2D eigenvalue weighted by Crippen LogP contribution is 2.36. The lowest BCUT2D eigenvalue weighted by atomic mass is 10.0. The third-order valence-electron chi connectivity index (χ3n) is 4.64. The van der Waals surface area contributed by atoms with Gasteiger partial charge in [0.05, 0.1) is 22.3 Å². The maximum Gasteiger partial charge on any atom is 0.335 e. The Morgan fingerprint density at radius 2 is 1.73 bits per heavy atom. The van der Waals surface area contributed by atoms with E-state index in [9.17, 15) is 19.8 Å². The summed E-state index contributed by atoms with van der Waals surface area (Å²) < 4.78 is 0. The number of nitrogens with one attached hydrogen (secondary N) is 1. The molecule has 3 N–H and O–H groups in total. The Balaban J connectivity index is 1.89. The number of hydrogen-bond donors (Lipinski definition) is 3. The van der Waals surface area contributed by atoms with Crippen LogP contribution in [0.25, 0.3) is 10.9 Å². The number of benzene rings is 2. The molecule has 0 radical (unpaired) electrons. The molecule has 26 heavy (non-hydrogen) atoms. The molecule has 0 saturated carbocycles. The smallest absolute Gasteiger partial charge is 0.335 e. The SMILES string of the molecule is O=C(O)c1cccc(Nc2c3c(nc4ccc(C(=O)O)cc24)CCC3)c1. The molecule has 1 aliphatic rings. The number of carbonyl (C=O) groups is 2. The van der Waals surface area contributed by atoms with Crippen LogP contribution < -0.4 is 5.32 Å². The van der Waals surface area contributed by atoms with Gasteiger partial charge in [-0.1, -0.05) is 6.07 Å². The number of anilines is 2. The van der Waals surface area contributed by atoms with Gasteiger partial charge in [0, 0.05) is 16.8 Å². The largest absolute Gasteiger partial charge is 0.478 e. The molecule has 0 atom stereocenters. The number of nitrogens with zero attached hydrogens (tertiary/aromatic N) is 1. The van der Waals surface area contributed by atoms with Crippen LogP contribution >= 0.6 is 0 Å². The molecule has 130 valence electrons. The Morgan fingerprint density at radius 3 is 2.50 bits per heavy atom. The van der Waals surface area contributed by atoms with Crippen molar-refractivity contribution in [2.75, 3.05) is 5.32 Å². The second-order valence-corrected chi connectivity index (χ2v) is 6.31. The normalized spacial score (nSPS) is 12.8. The molecule has 1 heterocycles. The first-order valence-electron chi connectivity index (χ1n) is 8.32. The third kappa shape index (κ3) is 2.75. The molecule has 0 bridgehead atoms. The molecule has 1 aliphatic carbocycles. The van der Waals surface area contributed by atoms with E-state index in [0.29, 0.717) is 5.69 Å². The van der Waals surface area contributed by atoms with Crippen molar-refractivity contribution in [2.24, 2.45) is 0 Å². The van der Waals surface area contributed by atoms with E-state index < -0.39 is 11.9 Å². The Kier molecular flexibility index (Phi) is 3.80. The molecule has 3 aromatic rings. The highest BCUT2D eigenvalue weighted by Gasteiger charge is 2.21. The lowest BCUT2D eigenvalue weighted by molar-refractivity contribution is 0.0686. The van der Waals surface area contributed by atoms with E-state index in [1.54, 1.807) is 36.4 Å². The van der Waals surface area contributed by atoms with Crippen molar-refractivity contribution >= 4 is 34.2 Å². The molecule has 0 amide bonds. The minimum atomic E-state index is -0.994. The minimum Gasteiger partial charge on any atom is -0.478 e. The molecule has 0 unspecified atom stereocenters. The molecular weight excluding hydrogens is 332 g/mol. The van der Waals surface area contributed by atoms with E-state index in [4.69, 9.17) is 0 Å². The van der Waals surface area contributed by atoms with Crippen molar-refractivity contribution < 1.29 is 19.8 Å². The van der Waals surface area contributed by atoms with Gasteiger partial charge in [-0.2, -0.15) is 0 Å². The zero-order valence-electron chi connectivity index (χ0n) is 13.8. The van der Waals surface area contributed by atoms with Crippen LogP contribution in [0.2, 0.25) is 0 Å². The lowest BCUT2D eigenvalue weighted by Crippen LogP contribution is -2.03. The Hall–Kier alpha value is -3.41. The quantitative estimate of drug-likeness (QED) is 0.662. The first kappa shape index (κ1) is 16.1. The van der Waals surface area contributed by atoms with E-state index in [2.05, 4.69) is 10.3 Å². The van der Waals surface area contributed by atoms with Gasteiger partial charge in [0.25, 0.3) is 0 Å². The molecule has 6 heteroatoms. The fourth-order valence-electron chi connectivity index (χ4n) is 3.41. The summed E-state index contributed by atoms with van der Waals surface area (Å²) >= 11 is 0. The maximum absolute atomic E-state index is 11.4. The second kappa shape index (κ2) is 6.15. The van der Waals surface area contributed by atoms with Crippen LogP contribution in [-0.2, 0) is 12.8 Å². The summed E-state index contributed by atoms with van der Waals surface area (Å²) in [5.41, 5.74) is 4.65. The summed E-state index contributed by atoms with van der Waals surface area (Å²) in [6.07, 6.45) is 2.74. The highest BCUT2D eigenvalue weighted by molar-refractivity contribution is 6.00. The number of rotatable bonds is 4. The van der Waals surface area contributed by atoms with Gasteiger partial charge in [-0.15, -0.1) is 0 Å². The fourth-order valence-corrected chi connectivity index (χ4v) is 3.41. The lowest BCUT2D eigenvalue weighted by Gasteiger charge is -2.15. The first-order valence-corrected chi connectivity index (χ1v) is 8.32. The summed E-state index contributed by atoms with van der Waals surface area (Å²) in [5, 5.41) is 22.5. The van der Waals surface area contributed by atoms with Gasteiger partial charge in [0.1, 0.15) is 0 Å².